The molecule has 1 fully saturated rings. The minimum absolute atomic E-state index is 0.268. The lowest BCUT2D eigenvalue weighted by atomic mass is 9.62. The molecule has 0 saturated heterocycles. The van der Waals surface area contributed by atoms with Crippen LogP contribution in [0.2, 0.25) is 0 Å². The number of aryl methyl sites for hydroxylation is 1. The summed E-state index contributed by atoms with van der Waals surface area (Å²) in [5.74, 6) is 2.83. The molecule has 0 N–H and O–H groups in total. The van der Waals surface area contributed by atoms with Crippen molar-refractivity contribution in [1.82, 2.24) is 0 Å². The van der Waals surface area contributed by atoms with E-state index in [2.05, 4.69) is 39.8 Å². The standard InChI is InChI=1S/C22H34O2/c1-16(2)19-13-14-22(3,4)15-20(19)21(23)8-6-7-17-9-11-18(24-5)12-10-17/h9-12,16,19-20H,6-8,13-15H2,1-5H3. The van der Waals surface area contributed by atoms with Gasteiger partial charge in [0.2, 0.25) is 0 Å². The molecule has 1 aromatic rings. The number of benzene rings is 1. The fourth-order valence-corrected chi connectivity index (χ4v) is 4.20. The summed E-state index contributed by atoms with van der Waals surface area (Å²) in [6.07, 6.45) is 6.17. The molecule has 1 aromatic carbocycles. The Morgan fingerprint density at radius 1 is 1.25 bits per heavy atom. The predicted octanol–water partition coefficient (Wildman–Crippen LogP) is 5.69. The van der Waals surface area contributed by atoms with E-state index in [1.807, 2.05) is 12.1 Å². The highest BCUT2D eigenvalue weighted by molar-refractivity contribution is 5.81. The van der Waals surface area contributed by atoms with Crippen LogP contribution in [0.5, 0.6) is 5.75 Å². The van der Waals surface area contributed by atoms with Crippen LogP contribution in [0, 0.1) is 23.2 Å². The number of carbonyl (C=O) groups is 1. The second-order valence-corrected chi connectivity index (χ2v) is 8.59. The van der Waals surface area contributed by atoms with Crippen LogP contribution in [0.4, 0.5) is 0 Å². The fraction of sp³-hybridized carbons (Fsp3) is 0.682. The SMILES string of the molecule is COc1ccc(CCCC(=O)C2CC(C)(C)CCC2C(C)C)cc1. The van der Waals surface area contributed by atoms with Crippen LogP contribution in [-0.2, 0) is 11.2 Å². The molecule has 2 heteroatoms. The number of rotatable bonds is 7. The highest BCUT2D eigenvalue weighted by Crippen LogP contribution is 2.45. The van der Waals surface area contributed by atoms with Gasteiger partial charge in [0.1, 0.15) is 11.5 Å². The Morgan fingerprint density at radius 3 is 2.50 bits per heavy atom. The van der Waals surface area contributed by atoms with Gasteiger partial charge in [0.15, 0.2) is 0 Å². The monoisotopic (exact) mass is 330 g/mol. The molecule has 2 rings (SSSR count). The predicted molar refractivity (Wildman–Crippen MR) is 100 cm³/mol. The number of carbonyl (C=O) groups excluding carboxylic acids is 1. The lowest BCUT2D eigenvalue weighted by Gasteiger charge is -2.42. The molecule has 2 atom stereocenters. The maximum absolute atomic E-state index is 12.9. The van der Waals surface area contributed by atoms with Crippen molar-refractivity contribution in [1.29, 1.82) is 0 Å². The molecule has 0 radical (unpaired) electrons. The zero-order valence-electron chi connectivity index (χ0n) is 16.1. The number of hydrogen-bond acceptors (Lipinski definition) is 2. The molecule has 0 bridgehead atoms. The van der Waals surface area contributed by atoms with Crippen LogP contribution in [0.15, 0.2) is 24.3 Å². The normalized spacial score (nSPS) is 23.2. The minimum atomic E-state index is 0.268. The molecule has 0 aromatic heterocycles. The summed E-state index contributed by atoms with van der Waals surface area (Å²) >= 11 is 0. The third-order valence-electron chi connectivity index (χ3n) is 5.76. The van der Waals surface area contributed by atoms with Crippen molar-refractivity contribution in [3.8, 4) is 5.75 Å². The average molecular weight is 331 g/mol. The summed E-state index contributed by atoms with van der Waals surface area (Å²) in [6.45, 7) is 9.20. The highest BCUT2D eigenvalue weighted by Gasteiger charge is 2.39. The van der Waals surface area contributed by atoms with Crippen molar-refractivity contribution >= 4 is 5.78 Å². The van der Waals surface area contributed by atoms with Gasteiger partial charge < -0.3 is 4.74 Å². The summed E-state index contributed by atoms with van der Waals surface area (Å²) in [7, 11) is 1.69. The van der Waals surface area contributed by atoms with Crippen molar-refractivity contribution in [2.45, 2.75) is 66.2 Å². The van der Waals surface area contributed by atoms with Crippen molar-refractivity contribution in [3.63, 3.8) is 0 Å². The number of Topliss-reactive ketones (excluding diaryl/α,β-unsaturated/α-hetero) is 1. The van der Waals surface area contributed by atoms with Crippen molar-refractivity contribution < 1.29 is 9.53 Å². The van der Waals surface area contributed by atoms with Gasteiger partial charge in [-0.15, -0.1) is 0 Å². The molecule has 1 aliphatic carbocycles. The zero-order valence-corrected chi connectivity index (χ0v) is 16.1. The molecule has 24 heavy (non-hydrogen) atoms. The van der Waals surface area contributed by atoms with Gasteiger partial charge in [-0.2, -0.15) is 0 Å². The summed E-state index contributed by atoms with van der Waals surface area (Å²) < 4.78 is 5.19. The molecule has 2 unspecified atom stereocenters. The van der Waals surface area contributed by atoms with Crippen molar-refractivity contribution in [2.24, 2.45) is 23.2 Å². The van der Waals surface area contributed by atoms with Gasteiger partial charge in [-0.05, 0) is 67.1 Å². The van der Waals surface area contributed by atoms with E-state index in [1.165, 1.54) is 18.4 Å². The lowest BCUT2D eigenvalue weighted by Crippen LogP contribution is -2.37. The second kappa shape index (κ2) is 8.18. The molecule has 0 heterocycles. The first-order chi connectivity index (χ1) is 11.3. The van der Waals surface area contributed by atoms with Crippen molar-refractivity contribution in [2.75, 3.05) is 7.11 Å². The van der Waals surface area contributed by atoms with Crippen LogP contribution in [0.25, 0.3) is 0 Å². The third kappa shape index (κ3) is 5.09. The molecule has 134 valence electrons. The Hall–Kier alpha value is -1.31. The van der Waals surface area contributed by atoms with Gasteiger partial charge in [-0.25, -0.2) is 0 Å². The number of ether oxygens (including phenoxy) is 1. The van der Waals surface area contributed by atoms with Crippen LogP contribution in [0.1, 0.15) is 65.4 Å². The van der Waals surface area contributed by atoms with Gasteiger partial charge in [0.05, 0.1) is 7.11 Å². The molecular weight excluding hydrogens is 296 g/mol. The van der Waals surface area contributed by atoms with E-state index in [0.29, 0.717) is 23.0 Å². The minimum Gasteiger partial charge on any atom is -0.497 e. The van der Waals surface area contributed by atoms with Crippen LogP contribution in [0.3, 0.4) is 0 Å². The summed E-state index contributed by atoms with van der Waals surface area (Å²) in [5.41, 5.74) is 1.61. The Labute approximate surface area is 148 Å². The van der Waals surface area contributed by atoms with Gasteiger partial charge >= 0.3 is 0 Å². The van der Waals surface area contributed by atoms with E-state index in [0.717, 1.165) is 31.4 Å². The quantitative estimate of drug-likeness (QED) is 0.642. The summed E-state index contributed by atoms with van der Waals surface area (Å²) in [6, 6.07) is 8.19. The number of methoxy groups -OCH3 is 1. The third-order valence-corrected chi connectivity index (χ3v) is 5.76. The molecular formula is C22H34O2. The number of hydrogen-bond donors (Lipinski definition) is 0. The van der Waals surface area contributed by atoms with Gasteiger partial charge in [0.25, 0.3) is 0 Å². The molecule has 1 saturated carbocycles. The first kappa shape index (κ1) is 19.0. The van der Waals surface area contributed by atoms with Gasteiger partial charge in [-0.3, -0.25) is 4.79 Å². The van der Waals surface area contributed by atoms with E-state index in [-0.39, 0.29) is 5.92 Å². The Morgan fingerprint density at radius 2 is 1.92 bits per heavy atom. The maximum atomic E-state index is 12.9. The number of ketones is 1. The summed E-state index contributed by atoms with van der Waals surface area (Å²) in [4.78, 5) is 12.9. The topological polar surface area (TPSA) is 26.3 Å². The van der Waals surface area contributed by atoms with Gasteiger partial charge in [0, 0.05) is 12.3 Å². The Balaban J connectivity index is 1.89. The van der Waals surface area contributed by atoms with E-state index >= 15 is 0 Å². The summed E-state index contributed by atoms with van der Waals surface area (Å²) in [5, 5.41) is 0. The Bertz CT molecular complexity index is 527. The van der Waals surface area contributed by atoms with Crippen LogP contribution >= 0.6 is 0 Å². The van der Waals surface area contributed by atoms with Crippen LogP contribution < -0.4 is 4.74 Å². The molecule has 1 aliphatic rings. The molecule has 0 spiro atoms. The maximum Gasteiger partial charge on any atom is 0.136 e. The van der Waals surface area contributed by atoms with Crippen LogP contribution in [-0.4, -0.2) is 12.9 Å². The smallest absolute Gasteiger partial charge is 0.136 e. The molecule has 0 aliphatic heterocycles. The first-order valence-corrected chi connectivity index (χ1v) is 9.48. The average Bonchev–Trinajstić information content (AvgIpc) is 2.54. The second-order valence-electron chi connectivity index (χ2n) is 8.59. The fourth-order valence-electron chi connectivity index (χ4n) is 4.20. The van der Waals surface area contributed by atoms with E-state index < -0.39 is 0 Å². The Kier molecular flexibility index (Phi) is 6.48. The largest absolute Gasteiger partial charge is 0.497 e. The zero-order chi connectivity index (χ0) is 17.7. The van der Waals surface area contributed by atoms with E-state index in [1.54, 1.807) is 7.11 Å². The lowest BCUT2D eigenvalue weighted by molar-refractivity contribution is -0.128. The van der Waals surface area contributed by atoms with E-state index in [9.17, 15) is 4.79 Å². The highest BCUT2D eigenvalue weighted by atomic mass is 16.5. The first-order valence-electron chi connectivity index (χ1n) is 9.48. The molecule has 2 nitrogen and oxygen atoms in total. The van der Waals surface area contributed by atoms with Gasteiger partial charge in [-0.1, -0.05) is 39.8 Å². The van der Waals surface area contributed by atoms with E-state index in [4.69, 9.17) is 4.74 Å². The van der Waals surface area contributed by atoms with Crippen molar-refractivity contribution in [3.05, 3.63) is 29.8 Å². The molecule has 0 amide bonds.